The van der Waals surface area contributed by atoms with Gasteiger partial charge in [0.25, 0.3) is 11.8 Å². The highest BCUT2D eigenvalue weighted by atomic mass is 35.5. The lowest BCUT2D eigenvalue weighted by molar-refractivity contribution is -0.119. The summed E-state index contributed by atoms with van der Waals surface area (Å²) in [6.07, 6.45) is 0. The van der Waals surface area contributed by atoms with Gasteiger partial charge in [-0.25, -0.2) is 0 Å². The number of nitrogens with two attached hydrogens (primary N) is 1. The molecule has 0 aliphatic rings. The summed E-state index contributed by atoms with van der Waals surface area (Å²) < 4.78 is 10.4. The number of primary amides is 1. The number of amides is 2. The van der Waals surface area contributed by atoms with Crippen LogP contribution in [0, 0.1) is 6.92 Å². The molecule has 7 heteroatoms. The zero-order valence-electron chi connectivity index (χ0n) is 13.3. The van der Waals surface area contributed by atoms with Crippen molar-refractivity contribution in [1.82, 2.24) is 0 Å². The van der Waals surface area contributed by atoms with Crippen LogP contribution < -0.4 is 20.5 Å². The molecule has 0 aliphatic carbocycles. The van der Waals surface area contributed by atoms with Gasteiger partial charge in [-0.2, -0.15) is 0 Å². The van der Waals surface area contributed by atoms with Gasteiger partial charge >= 0.3 is 0 Å². The molecular formula is C17H17ClN2O4. The predicted molar refractivity (Wildman–Crippen MR) is 91.8 cm³/mol. The van der Waals surface area contributed by atoms with Crippen molar-refractivity contribution in [3.05, 3.63) is 52.5 Å². The minimum Gasteiger partial charge on any atom is -0.493 e. The minimum atomic E-state index is -0.602. The normalized spacial score (nSPS) is 10.1. The first-order valence-corrected chi connectivity index (χ1v) is 7.45. The third kappa shape index (κ3) is 4.17. The summed E-state index contributed by atoms with van der Waals surface area (Å²) in [5, 5.41) is 3.36. The number of anilines is 1. The maximum Gasteiger partial charge on any atom is 0.255 e. The molecule has 2 aromatic carbocycles. The number of carbonyl (C=O) groups excluding carboxylic acids is 2. The van der Waals surface area contributed by atoms with E-state index >= 15 is 0 Å². The quantitative estimate of drug-likeness (QED) is 0.839. The molecule has 0 heterocycles. The summed E-state index contributed by atoms with van der Waals surface area (Å²) in [5.41, 5.74) is 6.82. The van der Waals surface area contributed by atoms with Crippen LogP contribution in [0.4, 0.5) is 5.69 Å². The highest BCUT2D eigenvalue weighted by molar-refractivity contribution is 6.31. The Morgan fingerprint density at radius 2 is 1.96 bits per heavy atom. The summed E-state index contributed by atoms with van der Waals surface area (Å²) in [6.45, 7) is 1.54. The van der Waals surface area contributed by atoms with Gasteiger partial charge in [0.15, 0.2) is 18.1 Å². The molecule has 3 N–H and O–H groups in total. The van der Waals surface area contributed by atoms with E-state index in [-0.39, 0.29) is 12.5 Å². The van der Waals surface area contributed by atoms with E-state index in [1.165, 1.54) is 13.2 Å². The second kappa shape index (κ2) is 7.70. The SMILES string of the molecule is COc1cc(C(=O)Nc2cccc(Cl)c2C)ccc1OCC(N)=O. The van der Waals surface area contributed by atoms with E-state index in [9.17, 15) is 9.59 Å². The molecule has 0 aromatic heterocycles. The highest BCUT2D eigenvalue weighted by Gasteiger charge is 2.13. The summed E-state index contributed by atoms with van der Waals surface area (Å²) in [6, 6.07) is 9.90. The van der Waals surface area contributed by atoms with Crippen LogP contribution in [0.3, 0.4) is 0 Å². The van der Waals surface area contributed by atoms with E-state index in [1.54, 1.807) is 30.3 Å². The third-order valence-electron chi connectivity index (χ3n) is 3.31. The van der Waals surface area contributed by atoms with Gasteiger partial charge in [0.05, 0.1) is 7.11 Å². The summed E-state index contributed by atoms with van der Waals surface area (Å²) in [7, 11) is 1.44. The molecule has 0 atom stereocenters. The second-order valence-corrected chi connectivity index (χ2v) is 5.39. The number of hydrogen-bond donors (Lipinski definition) is 2. The number of benzene rings is 2. The number of ether oxygens (including phenoxy) is 2. The average molecular weight is 349 g/mol. The molecular weight excluding hydrogens is 332 g/mol. The monoisotopic (exact) mass is 348 g/mol. The van der Waals surface area contributed by atoms with Crippen LogP contribution >= 0.6 is 11.6 Å². The van der Waals surface area contributed by atoms with Gasteiger partial charge < -0.3 is 20.5 Å². The van der Waals surface area contributed by atoms with E-state index in [1.807, 2.05) is 6.92 Å². The Bertz CT molecular complexity index is 777. The lowest BCUT2D eigenvalue weighted by Crippen LogP contribution is -2.20. The number of nitrogens with one attached hydrogen (secondary N) is 1. The molecule has 0 saturated carbocycles. The van der Waals surface area contributed by atoms with Crippen molar-refractivity contribution in [2.45, 2.75) is 6.92 Å². The molecule has 0 radical (unpaired) electrons. The number of rotatable bonds is 6. The average Bonchev–Trinajstić information content (AvgIpc) is 2.56. The topological polar surface area (TPSA) is 90.7 Å². The van der Waals surface area contributed by atoms with E-state index in [0.29, 0.717) is 27.8 Å². The molecule has 0 bridgehead atoms. The van der Waals surface area contributed by atoms with Crippen LogP contribution in [-0.2, 0) is 4.79 Å². The number of methoxy groups -OCH3 is 1. The lowest BCUT2D eigenvalue weighted by atomic mass is 10.1. The number of carbonyl (C=O) groups is 2. The van der Waals surface area contributed by atoms with Crippen LogP contribution in [0.5, 0.6) is 11.5 Å². The fourth-order valence-electron chi connectivity index (χ4n) is 2.01. The van der Waals surface area contributed by atoms with Crippen molar-refractivity contribution in [2.24, 2.45) is 5.73 Å². The first-order chi connectivity index (χ1) is 11.4. The van der Waals surface area contributed by atoms with Crippen molar-refractivity contribution in [1.29, 1.82) is 0 Å². The van der Waals surface area contributed by atoms with Crippen molar-refractivity contribution in [3.8, 4) is 11.5 Å². The lowest BCUT2D eigenvalue weighted by Gasteiger charge is -2.12. The van der Waals surface area contributed by atoms with Gasteiger partial charge in [0.1, 0.15) is 0 Å². The first-order valence-electron chi connectivity index (χ1n) is 7.08. The van der Waals surface area contributed by atoms with Crippen molar-refractivity contribution in [2.75, 3.05) is 19.0 Å². The molecule has 24 heavy (non-hydrogen) atoms. The molecule has 2 aromatic rings. The molecule has 0 saturated heterocycles. The fraction of sp³-hybridized carbons (Fsp3) is 0.176. The van der Waals surface area contributed by atoms with E-state index in [0.717, 1.165) is 5.56 Å². The Labute approximate surface area is 144 Å². The van der Waals surface area contributed by atoms with Crippen LogP contribution in [0.25, 0.3) is 0 Å². The van der Waals surface area contributed by atoms with Crippen LogP contribution in [0.1, 0.15) is 15.9 Å². The Morgan fingerprint density at radius 3 is 2.62 bits per heavy atom. The van der Waals surface area contributed by atoms with Gasteiger partial charge in [0.2, 0.25) is 0 Å². The van der Waals surface area contributed by atoms with Gasteiger partial charge in [-0.3, -0.25) is 9.59 Å². The molecule has 2 rings (SSSR count). The van der Waals surface area contributed by atoms with E-state index in [2.05, 4.69) is 5.32 Å². The molecule has 126 valence electrons. The van der Waals surface area contributed by atoms with Gasteiger partial charge in [-0.1, -0.05) is 17.7 Å². The standard InChI is InChI=1S/C17H17ClN2O4/c1-10-12(18)4-3-5-13(10)20-17(22)11-6-7-14(15(8-11)23-2)24-9-16(19)21/h3-8H,9H2,1-2H3,(H2,19,21)(H,20,22). The van der Waals surface area contributed by atoms with Gasteiger partial charge in [0, 0.05) is 16.3 Å². The first kappa shape index (κ1) is 17.6. The van der Waals surface area contributed by atoms with Crippen molar-refractivity contribution < 1.29 is 19.1 Å². The summed E-state index contributed by atoms with van der Waals surface area (Å²) in [5.74, 6) is -0.270. The van der Waals surface area contributed by atoms with E-state index < -0.39 is 5.91 Å². The molecule has 0 aliphatic heterocycles. The van der Waals surface area contributed by atoms with E-state index in [4.69, 9.17) is 26.8 Å². The largest absolute Gasteiger partial charge is 0.493 e. The maximum atomic E-state index is 12.4. The van der Waals surface area contributed by atoms with Crippen LogP contribution in [0.15, 0.2) is 36.4 Å². The molecule has 0 spiro atoms. The second-order valence-electron chi connectivity index (χ2n) is 4.99. The van der Waals surface area contributed by atoms with Crippen molar-refractivity contribution in [3.63, 3.8) is 0 Å². The Hall–Kier alpha value is -2.73. The molecule has 0 unspecified atom stereocenters. The Kier molecular flexibility index (Phi) is 5.65. The molecule has 2 amide bonds. The zero-order chi connectivity index (χ0) is 17.7. The van der Waals surface area contributed by atoms with Crippen LogP contribution in [0.2, 0.25) is 5.02 Å². The maximum absolute atomic E-state index is 12.4. The third-order valence-corrected chi connectivity index (χ3v) is 3.72. The summed E-state index contributed by atoms with van der Waals surface area (Å²) in [4.78, 5) is 23.2. The van der Waals surface area contributed by atoms with Crippen molar-refractivity contribution >= 4 is 29.1 Å². The highest BCUT2D eigenvalue weighted by Crippen LogP contribution is 2.29. The van der Waals surface area contributed by atoms with Gasteiger partial charge in [-0.15, -0.1) is 0 Å². The minimum absolute atomic E-state index is 0.274. The Morgan fingerprint density at radius 1 is 1.21 bits per heavy atom. The smallest absolute Gasteiger partial charge is 0.255 e. The number of halogens is 1. The van der Waals surface area contributed by atoms with Gasteiger partial charge in [-0.05, 0) is 42.8 Å². The predicted octanol–water partition coefficient (Wildman–Crippen LogP) is 2.77. The number of hydrogen-bond acceptors (Lipinski definition) is 4. The molecule has 6 nitrogen and oxygen atoms in total. The fourth-order valence-corrected chi connectivity index (χ4v) is 2.19. The summed E-state index contributed by atoms with van der Waals surface area (Å²) >= 11 is 6.05. The zero-order valence-corrected chi connectivity index (χ0v) is 14.0. The molecule has 0 fully saturated rings. The Balaban J connectivity index is 2.20. The van der Waals surface area contributed by atoms with Crippen LogP contribution in [-0.4, -0.2) is 25.5 Å².